The van der Waals surface area contributed by atoms with Crippen molar-refractivity contribution < 1.29 is 5.11 Å². The highest BCUT2D eigenvalue weighted by molar-refractivity contribution is 5.26. The zero-order chi connectivity index (χ0) is 13.8. The number of nitrogens with zero attached hydrogens (tertiary/aromatic N) is 2. The third-order valence-electron chi connectivity index (χ3n) is 4.71. The van der Waals surface area contributed by atoms with Crippen LogP contribution >= 0.6 is 0 Å². The summed E-state index contributed by atoms with van der Waals surface area (Å²) in [7, 11) is 0. The summed E-state index contributed by atoms with van der Waals surface area (Å²) in [4.78, 5) is 0. The van der Waals surface area contributed by atoms with Crippen molar-refractivity contribution in [2.24, 2.45) is 5.92 Å². The van der Waals surface area contributed by atoms with E-state index in [0.29, 0.717) is 6.04 Å². The number of hydrogen-bond acceptors (Lipinski definition) is 2. The van der Waals surface area contributed by atoms with Crippen LogP contribution in [-0.4, -0.2) is 14.9 Å². The molecule has 1 N–H and O–H groups in total. The zero-order valence-corrected chi connectivity index (χ0v) is 12.7. The van der Waals surface area contributed by atoms with Crippen molar-refractivity contribution >= 4 is 0 Å². The van der Waals surface area contributed by atoms with E-state index in [9.17, 15) is 5.11 Å². The molecule has 1 aromatic rings. The van der Waals surface area contributed by atoms with Gasteiger partial charge in [-0.25, -0.2) is 0 Å². The van der Waals surface area contributed by atoms with E-state index in [-0.39, 0.29) is 6.61 Å². The molecular weight excluding hydrogens is 236 g/mol. The molecule has 3 heteroatoms. The van der Waals surface area contributed by atoms with E-state index in [0.717, 1.165) is 30.0 Å². The number of aliphatic hydroxyl groups excluding tert-OH is 1. The lowest BCUT2D eigenvalue weighted by atomic mass is 9.84. The van der Waals surface area contributed by atoms with Crippen molar-refractivity contribution in [3.8, 4) is 0 Å². The first kappa shape index (κ1) is 14.6. The second kappa shape index (κ2) is 6.56. The van der Waals surface area contributed by atoms with Crippen LogP contribution in [0, 0.1) is 5.92 Å². The fourth-order valence-corrected chi connectivity index (χ4v) is 3.56. The highest BCUT2D eigenvalue weighted by Crippen LogP contribution is 2.35. The van der Waals surface area contributed by atoms with E-state index in [1.165, 1.54) is 37.8 Å². The summed E-state index contributed by atoms with van der Waals surface area (Å²) in [5.74, 6) is 0.857. The average Bonchev–Trinajstić information content (AvgIpc) is 2.84. The van der Waals surface area contributed by atoms with Crippen LogP contribution in [0.1, 0.15) is 75.9 Å². The molecule has 1 fully saturated rings. The van der Waals surface area contributed by atoms with Gasteiger partial charge in [-0.2, -0.15) is 5.10 Å². The van der Waals surface area contributed by atoms with Crippen LogP contribution in [0.3, 0.4) is 0 Å². The predicted octanol–water partition coefficient (Wildman–Crippen LogP) is 3.64. The van der Waals surface area contributed by atoms with E-state index < -0.39 is 0 Å². The minimum absolute atomic E-state index is 0.135. The normalized spacial score (nSPS) is 23.8. The SMILES string of the molecule is CCc1nn(C2CCCC(CC)C2)c(CC)c1CO. The smallest absolute Gasteiger partial charge is 0.0718 e. The Balaban J connectivity index is 2.30. The van der Waals surface area contributed by atoms with Crippen molar-refractivity contribution in [3.05, 3.63) is 17.0 Å². The van der Waals surface area contributed by atoms with Gasteiger partial charge in [0.25, 0.3) is 0 Å². The van der Waals surface area contributed by atoms with Crippen LogP contribution in [0.25, 0.3) is 0 Å². The maximum atomic E-state index is 9.62. The number of hydrogen-bond donors (Lipinski definition) is 1. The third kappa shape index (κ3) is 2.86. The van der Waals surface area contributed by atoms with E-state index in [1.807, 2.05) is 0 Å². The number of aliphatic hydroxyl groups is 1. The van der Waals surface area contributed by atoms with Gasteiger partial charge < -0.3 is 5.11 Å². The molecule has 0 saturated heterocycles. The Morgan fingerprint density at radius 2 is 2.00 bits per heavy atom. The van der Waals surface area contributed by atoms with Crippen molar-refractivity contribution in [1.82, 2.24) is 9.78 Å². The summed E-state index contributed by atoms with van der Waals surface area (Å²) in [6.07, 6.45) is 8.38. The summed E-state index contributed by atoms with van der Waals surface area (Å²) < 4.78 is 2.26. The van der Waals surface area contributed by atoms with Gasteiger partial charge in [0.15, 0.2) is 0 Å². The summed E-state index contributed by atoms with van der Waals surface area (Å²) in [6.45, 7) is 6.73. The van der Waals surface area contributed by atoms with Crippen molar-refractivity contribution in [2.45, 2.75) is 78.4 Å². The first-order valence-corrected chi connectivity index (χ1v) is 7.94. The second-order valence-electron chi connectivity index (χ2n) is 5.78. The molecule has 0 radical (unpaired) electrons. The molecule has 0 aliphatic heterocycles. The topological polar surface area (TPSA) is 38.0 Å². The van der Waals surface area contributed by atoms with Crippen LogP contribution in [0.5, 0.6) is 0 Å². The molecule has 3 nitrogen and oxygen atoms in total. The summed E-state index contributed by atoms with van der Waals surface area (Å²) in [6, 6.07) is 0.555. The highest BCUT2D eigenvalue weighted by atomic mass is 16.3. The Bertz CT molecular complexity index is 411. The standard InChI is InChI=1S/C16H28N2O/c1-4-12-8-7-9-13(10-12)18-16(6-3)14(11-19)15(5-2)17-18/h12-13,19H,4-11H2,1-3H3. The van der Waals surface area contributed by atoms with E-state index in [2.05, 4.69) is 25.5 Å². The molecule has 0 bridgehead atoms. The largest absolute Gasteiger partial charge is 0.392 e. The fourth-order valence-electron chi connectivity index (χ4n) is 3.56. The van der Waals surface area contributed by atoms with Crippen molar-refractivity contribution in [2.75, 3.05) is 0 Å². The van der Waals surface area contributed by atoms with Crippen molar-refractivity contribution in [1.29, 1.82) is 0 Å². The molecule has 1 aliphatic rings. The lowest BCUT2D eigenvalue weighted by Crippen LogP contribution is -2.21. The highest BCUT2D eigenvalue weighted by Gasteiger charge is 2.26. The Morgan fingerprint density at radius 3 is 2.58 bits per heavy atom. The Morgan fingerprint density at radius 1 is 1.21 bits per heavy atom. The molecule has 2 unspecified atom stereocenters. The molecule has 1 saturated carbocycles. The van der Waals surface area contributed by atoms with Gasteiger partial charge in [0, 0.05) is 11.3 Å². The molecule has 1 aliphatic carbocycles. The minimum atomic E-state index is 0.135. The van der Waals surface area contributed by atoms with Crippen molar-refractivity contribution in [3.63, 3.8) is 0 Å². The molecule has 0 amide bonds. The van der Waals surface area contributed by atoms with E-state index in [1.54, 1.807) is 0 Å². The van der Waals surface area contributed by atoms with Crippen LogP contribution < -0.4 is 0 Å². The van der Waals surface area contributed by atoms with Gasteiger partial charge >= 0.3 is 0 Å². The number of aromatic nitrogens is 2. The number of rotatable bonds is 5. The second-order valence-corrected chi connectivity index (χ2v) is 5.78. The molecule has 0 aromatic carbocycles. The lowest BCUT2D eigenvalue weighted by molar-refractivity contribution is 0.242. The van der Waals surface area contributed by atoms with Crippen LogP contribution in [0.15, 0.2) is 0 Å². The summed E-state index contributed by atoms with van der Waals surface area (Å²) >= 11 is 0. The molecule has 1 heterocycles. The van der Waals surface area contributed by atoms with E-state index >= 15 is 0 Å². The maximum absolute atomic E-state index is 9.62. The lowest BCUT2D eigenvalue weighted by Gasteiger charge is -2.29. The van der Waals surface area contributed by atoms with Crippen LogP contribution in [0.2, 0.25) is 0 Å². The predicted molar refractivity (Wildman–Crippen MR) is 78.2 cm³/mol. The van der Waals surface area contributed by atoms with Gasteiger partial charge in [0.2, 0.25) is 0 Å². The zero-order valence-electron chi connectivity index (χ0n) is 12.7. The molecule has 2 atom stereocenters. The Labute approximate surface area is 117 Å². The van der Waals surface area contributed by atoms with Gasteiger partial charge in [-0.3, -0.25) is 4.68 Å². The Kier molecular flexibility index (Phi) is 5.03. The number of aryl methyl sites for hydroxylation is 1. The van der Waals surface area contributed by atoms with Crippen LogP contribution in [0.4, 0.5) is 0 Å². The first-order valence-electron chi connectivity index (χ1n) is 7.94. The fraction of sp³-hybridized carbons (Fsp3) is 0.812. The van der Waals surface area contributed by atoms with Gasteiger partial charge in [0.1, 0.15) is 0 Å². The molecule has 1 aromatic heterocycles. The molecule has 2 rings (SSSR count). The summed E-state index contributed by atoms with van der Waals surface area (Å²) in [5.41, 5.74) is 3.45. The quantitative estimate of drug-likeness (QED) is 0.881. The van der Waals surface area contributed by atoms with Gasteiger partial charge in [-0.1, -0.05) is 40.0 Å². The third-order valence-corrected chi connectivity index (χ3v) is 4.71. The van der Waals surface area contributed by atoms with Gasteiger partial charge in [-0.05, 0) is 31.6 Å². The maximum Gasteiger partial charge on any atom is 0.0718 e. The molecule has 108 valence electrons. The molecular formula is C16H28N2O. The van der Waals surface area contributed by atoms with E-state index in [4.69, 9.17) is 5.10 Å². The van der Waals surface area contributed by atoms with Crippen LogP contribution in [-0.2, 0) is 19.4 Å². The monoisotopic (exact) mass is 264 g/mol. The van der Waals surface area contributed by atoms with Gasteiger partial charge in [0.05, 0.1) is 18.3 Å². The average molecular weight is 264 g/mol. The Hall–Kier alpha value is -0.830. The summed E-state index contributed by atoms with van der Waals surface area (Å²) in [5, 5.41) is 14.4. The first-order chi connectivity index (χ1) is 9.24. The molecule has 0 spiro atoms. The minimum Gasteiger partial charge on any atom is -0.392 e. The van der Waals surface area contributed by atoms with Gasteiger partial charge in [-0.15, -0.1) is 0 Å². The molecule has 19 heavy (non-hydrogen) atoms.